The molecule has 15 heavy (non-hydrogen) atoms. The van der Waals surface area contributed by atoms with E-state index in [1.165, 1.54) is 11.6 Å². The smallest absolute Gasteiger partial charge is 0.107 e. The molecule has 0 amide bonds. The van der Waals surface area contributed by atoms with Crippen molar-refractivity contribution >= 4 is 27.5 Å². The fraction of sp³-hybridized carbons (Fsp3) is 0.800. The lowest BCUT2D eigenvalue weighted by Crippen LogP contribution is -2.53. The molecule has 2 N–H and O–H groups in total. The van der Waals surface area contributed by atoms with E-state index in [-0.39, 0.29) is 17.5 Å². The molecule has 0 saturated carbocycles. The number of halogens is 2. The lowest BCUT2D eigenvalue weighted by atomic mass is 9.88. The minimum Gasteiger partial charge on any atom is -0.387 e. The van der Waals surface area contributed by atoms with Crippen molar-refractivity contribution in [2.75, 3.05) is 6.61 Å². The molecule has 0 aliphatic carbocycles. The van der Waals surface area contributed by atoms with Crippen molar-refractivity contribution in [1.29, 1.82) is 0 Å². The zero-order chi connectivity index (χ0) is 11.7. The first kappa shape index (κ1) is 13.5. The molecule has 88 valence electrons. The van der Waals surface area contributed by atoms with Gasteiger partial charge in [0.05, 0.1) is 18.3 Å². The summed E-state index contributed by atoms with van der Waals surface area (Å²) in [4.78, 5) is -0.0982. The first-order valence-electron chi connectivity index (χ1n) is 4.78. The average Bonchev–Trinajstić information content (AvgIpc) is 2.09. The van der Waals surface area contributed by atoms with Crippen molar-refractivity contribution in [3.63, 3.8) is 0 Å². The van der Waals surface area contributed by atoms with Crippen LogP contribution in [0.1, 0.15) is 20.3 Å². The van der Waals surface area contributed by atoms with Gasteiger partial charge in [-0.1, -0.05) is 27.5 Å². The maximum Gasteiger partial charge on any atom is 0.107 e. The number of hydrogen-bond donors (Lipinski definition) is 2. The summed E-state index contributed by atoms with van der Waals surface area (Å²) < 4.78 is 5.44. The molecule has 0 aromatic rings. The van der Waals surface area contributed by atoms with Gasteiger partial charge < -0.3 is 14.9 Å². The molecule has 0 spiro atoms. The molecule has 1 aliphatic heterocycles. The van der Waals surface area contributed by atoms with E-state index in [0.29, 0.717) is 6.42 Å². The third kappa shape index (κ3) is 3.17. The second kappa shape index (κ2) is 4.72. The van der Waals surface area contributed by atoms with Crippen molar-refractivity contribution in [2.45, 2.75) is 42.4 Å². The molecule has 1 rings (SSSR count). The normalized spacial score (nSPS) is 41.7. The van der Waals surface area contributed by atoms with Crippen LogP contribution < -0.4 is 0 Å². The van der Waals surface area contributed by atoms with Crippen molar-refractivity contribution in [1.82, 2.24) is 0 Å². The molecular weight excluding hydrogens is 283 g/mol. The fourth-order valence-electron chi connectivity index (χ4n) is 1.51. The van der Waals surface area contributed by atoms with Gasteiger partial charge in [-0.15, -0.1) is 0 Å². The zero-order valence-electron chi connectivity index (χ0n) is 8.78. The van der Waals surface area contributed by atoms with Gasteiger partial charge in [-0.25, -0.2) is 0 Å². The van der Waals surface area contributed by atoms with Crippen LogP contribution >= 0.6 is 27.5 Å². The zero-order valence-corrected chi connectivity index (χ0v) is 11.1. The second-order valence-corrected chi connectivity index (χ2v) is 5.74. The van der Waals surface area contributed by atoms with Crippen LogP contribution in [0.4, 0.5) is 0 Å². The summed E-state index contributed by atoms with van der Waals surface area (Å²) in [5.41, 5.74) is -0.721. The Kier molecular flexibility index (Phi) is 4.23. The minimum absolute atomic E-state index is 0.0982. The number of aliphatic hydroxyl groups is 2. The summed E-state index contributed by atoms with van der Waals surface area (Å²) in [5, 5.41) is 19.9. The summed E-state index contributed by atoms with van der Waals surface area (Å²) in [6.45, 7) is 3.53. The molecule has 0 radical (unpaired) electrons. The average molecular weight is 300 g/mol. The molecule has 1 heterocycles. The van der Waals surface area contributed by atoms with E-state index in [9.17, 15) is 10.2 Å². The predicted molar refractivity (Wildman–Crippen MR) is 63.3 cm³/mol. The quantitative estimate of drug-likeness (QED) is 0.764. The lowest BCUT2D eigenvalue weighted by molar-refractivity contribution is -0.152. The van der Waals surface area contributed by atoms with Gasteiger partial charge in [0.2, 0.25) is 0 Å². The molecule has 0 unspecified atom stereocenters. The van der Waals surface area contributed by atoms with E-state index in [1.54, 1.807) is 13.8 Å². The predicted octanol–water partition coefficient (Wildman–Crippen LogP) is 1.79. The van der Waals surface area contributed by atoms with Gasteiger partial charge in [0, 0.05) is 10.4 Å². The van der Waals surface area contributed by atoms with Crippen LogP contribution in [0.25, 0.3) is 0 Å². The van der Waals surface area contributed by atoms with Gasteiger partial charge >= 0.3 is 0 Å². The van der Waals surface area contributed by atoms with Crippen LogP contribution in [-0.2, 0) is 4.74 Å². The van der Waals surface area contributed by atoms with E-state index in [1.807, 2.05) is 0 Å². The number of ether oxygens (including phenoxy) is 1. The highest BCUT2D eigenvalue weighted by Crippen LogP contribution is 2.33. The summed E-state index contributed by atoms with van der Waals surface area (Å²) in [5.74, 6) is 0. The molecule has 1 saturated heterocycles. The third-order valence-corrected chi connectivity index (χ3v) is 4.21. The summed E-state index contributed by atoms with van der Waals surface area (Å²) in [6.07, 6.45) is 1.65. The van der Waals surface area contributed by atoms with Crippen LogP contribution in [-0.4, -0.2) is 39.0 Å². The maximum atomic E-state index is 10.0. The van der Waals surface area contributed by atoms with Crippen molar-refractivity contribution in [3.8, 4) is 0 Å². The van der Waals surface area contributed by atoms with Crippen molar-refractivity contribution in [3.05, 3.63) is 11.6 Å². The maximum absolute atomic E-state index is 10.0. The van der Waals surface area contributed by atoms with E-state index in [2.05, 4.69) is 15.9 Å². The highest BCUT2D eigenvalue weighted by Gasteiger charge is 2.43. The monoisotopic (exact) mass is 298 g/mol. The lowest BCUT2D eigenvalue weighted by Gasteiger charge is -2.42. The topological polar surface area (TPSA) is 49.7 Å². The van der Waals surface area contributed by atoms with Crippen molar-refractivity contribution in [2.24, 2.45) is 0 Å². The van der Waals surface area contributed by atoms with E-state index in [4.69, 9.17) is 16.3 Å². The van der Waals surface area contributed by atoms with Crippen LogP contribution in [0.2, 0.25) is 0 Å². The van der Waals surface area contributed by atoms with Crippen LogP contribution in [0.3, 0.4) is 0 Å². The molecule has 4 atom stereocenters. The van der Waals surface area contributed by atoms with Crippen LogP contribution in [0, 0.1) is 0 Å². The van der Waals surface area contributed by atoms with E-state index < -0.39 is 11.2 Å². The Bertz CT molecular complexity index is 253. The SMILES string of the molecule is C[C@@](O)(/C=C/Cl)[C@@H]1C[C@@H](Br)[C@](C)(O)CO1. The molecular formula is C10H16BrClO3. The summed E-state index contributed by atoms with van der Waals surface area (Å²) in [6, 6.07) is 0. The standard InChI is InChI=1S/C10H16BrClO3/c1-9(13,3-4-12)8-5-7(11)10(2,14)6-15-8/h3-4,7-8,13-14H,5-6H2,1-2H3/b4-3+/t7-,8+,9-,10-/m1/s1. The van der Waals surface area contributed by atoms with Gasteiger partial charge in [0.25, 0.3) is 0 Å². The Balaban J connectivity index is 2.69. The molecule has 0 aromatic carbocycles. The minimum atomic E-state index is -1.11. The summed E-state index contributed by atoms with van der Waals surface area (Å²) >= 11 is 8.84. The van der Waals surface area contributed by atoms with Crippen LogP contribution in [0.15, 0.2) is 11.6 Å². The highest BCUT2D eigenvalue weighted by atomic mass is 79.9. The summed E-state index contributed by atoms with van der Waals surface area (Å²) in [7, 11) is 0. The number of rotatable bonds is 2. The molecule has 0 bridgehead atoms. The Morgan fingerprint density at radius 3 is 2.73 bits per heavy atom. The van der Waals surface area contributed by atoms with Crippen LogP contribution in [0.5, 0.6) is 0 Å². The molecule has 1 fully saturated rings. The highest BCUT2D eigenvalue weighted by molar-refractivity contribution is 9.09. The van der Waals surface area contributed by atoms with Gasteiger partial charge in [-0.2, -0.15) is 0 Å². The van der Waals surface area contributed by atoms with E-state index in [0.717, 1.165) is 0 Å². The van der Waals surface area contributed by atoms with Gasteiger partial charge in [0.15, 0.2) is 0 Å². The van der Waals surface area contributed by atoms with E-state index >= 15 is 0 Å². The van der Waals surface area contributed by atoms with Gasteiger partial charge in [0.1, 0.15) is 5.60 Å². The van der Waals surface area contributed by atoms with Gasteiger partial charge in [-0.05, 0) is 26.3 Å². The first-order chi connectivity index (χ1) is 6.79. The first-order valence-corrected chi connectivity index (χ1v) is 6.13. The second-order valence-electron chi connectivity index (χ2n) is 4.38. The Morgan fingerprint density at radius 2 is 2.27 bits per heavy atom. The molecule has 5 heteroatoms. The largest absolute Gasteiger partial charge is 0.387 e. The Morgan fingerprint density at radius 1 is 1.67 bits per heavy atom. The molecule has 0 aromatic heterocycles. The van der Waals surface area contributed by atoms with Gasteiger partial charge in [-0.3, -0.25) is 0 Å². The molecule has 1 aliphatic rings. The Labute approximate surface area is 103 Å². The number of alkyl halides is 1. The Hall–Kier alpha value is 0.390. The molecule has 3 nitrogen and oxygen atoms in total. The fourth-order valence-corrected chi connectivity index (χ4v) is 2.24. The third-order valence-electron chi connectivity index (χ3n) is 2.72. The van der Waals surface area contributed by atoms with Crippen molar-refractivity contribution < 1.29 is 14.9 Å². The number of hydrogen-bond acceptors (Lipinski definition) is 3.